The zero-order valence-electron chi connectivity index (χ0n) is 22.8. The van der Waals surface area contributed by atoms with Crippen molar-refractivity contribution in [1.29, 1.82) is 0 Å². The summed E-state index contributed by atoms with van der Waals surface area (Å²) in [5, 5.41) is 18.2. The summed E-state index contributed by atoms with van der Waals surface area (Å²) in [5.41, 5.74) is 2.97. The molecule has 15 heteroatoms. The Labute approximate surface area is 237 Å². The van der Waals surface area contributed by atoms with Gasteiger partial charge in [0.1, 0.15) is 25.5 Å². The van der Waals surface area contributed by atoms with Gasteiger partial charge >= 0.3 is 18.2 Å². The maximum Gasteiger partial charge on any atom is 0.427 e. The second-order valence-electron chi connectivity index (χ2n) is 9.42. The highest BCUT2D eigenvalue weighted by Crippen LogP contribution is 2.27. The third-order valence-corrected chi connectivity index (χ3v) is 6.12. The van der Waals surface area contributed by atoms with Gasteiger partial charge in [0.25, 0.3) is 0 Å². The monoisotopic (exact) mass is 576 g/mol. The number of aliphatic carboxylic acids is 1. The Morgan fingerprint density at radius 2 is 1.93 bits per heavy atom. The lowest BCUT2D eigenvalue weighted by Gasteiger charge is -2.31. The number of rotatable bonds is 14. The topological polar surface area (TPSA) is 188 Å². The van der Waals surface area contributed by atoms with Gasteiger partial charge in [-0.25, -0.2) is 15.0 Å². The summed E-state index contributed by atoms with van der Waals surface area (Å²) >= 11 is 0. The van der Waals surface area contributed by atoms with Crippen LogP contribution < -0.4 is 16.1 Å². The predicted octanol–water partition coefficient (Wildman–Crippen LogP) is 0.254. The van der Waals surface area contributed by atoms with Crippen molar-refractivity contribution < 1.29 is 43.3 Å². The molecule has 1 aliphatic heterocycles. The van der Waals surface area contributed by atoms with Crippen molar-refractivity contribution in [3.63, 3.8) is 0 Å². The molecule has 2 fully saturated rings. The van der Waals surface area contributed by atoms with Crippen LogP contribution in [0.3, 0.4) is 0 Å². The van der Waals surface area contributed by atoms with E-state index >= 15 is 0 Å². The largest absolute Gasteiger partial charge is 0.480 e. The minimum Gasteiger partial charge on any atom is -0.480 e. The first kappa shape index (κ1) is 31.1. The van der Waals surface area contributed by atoms with Crippen LogP contribution in [0.5, 0.6) is 0 Å². The predicted molar refractivity (Wildman–Crippen MR) is 144 cm³/mol. The third-order valence-electron chi connectivity index (χ3n) is 6.12. The number of hydrogen-bond donors (Lipinski definition) is 4. The number of carbonyl (C=O) groups excluding carboxylic acids is 4. The van der Waals surface area contributed by atoms with E-state index < -0.39 is 55.1 Å². The smallest absolute Gasteiger partial charge is 0.427 e. The minimum atomic E-state index is -1.33. The number of carboxylic acids is 1. The molecule has 1 saturated heterocycles. The first-order valence-corrected chi connectivity index (χ1v) is 13.3. The molecule has 4 N–H and O–H groups in total. The highest BCUT2D eigenvalue weighted by Gasteiger charge is 2.38. The van der Waals surface area contributed by atoms with E-state index in [4.69, 9.17) is 14.2 Å². The molecule has 1 saturated carbocycles. The van der Waals surface area contributed by atoms with Crippen LogP contribution in [0.2, 0.25) is 0 Å². The van der Waals surface area contributed by atoms with Crippen molar-refractivity contribution in [3.8, 4) is 0 Å². The molecule has 15 nitrogen and oxygen atoms in total. The van der Waals surface area contributed by atoms with Crippen LogP contribution in [0.1, 0.15) is 31.7 Å². The number of nitrogens with zero attached hydrogens (tertiary/aromatic N) is 3. The average molecular weight is 577 g/mol. The maximum atomic E-state index is 13.3. The van der Waals surface area contributed by atoms with Gasteiger partial charge in [-0.3, -0.25) is 14.4 Å². The number of carboxylic acid groups (broad SMARTS) is 1. The lowest BCUT2D eigenvalue weighted by Crippen LogP contribution is -2.53. The SMILES string of the molecule is CCOC(=O)NN=CN1CCO[C@@H](CNC(=O)CC(NC(=O)OCc2ccccc2)C(=O)N(CC(=O)O)C2CC2)C1. The number of benzene rings is 1. The van der Waals surface area contributed by atoms with E-state index in [0.29, 0.717) is 32.5 Å². The molecule has 2 aliphatic rings. The van der Waals surface area contributed by atoms with Gasteiger partial charge in [0, 0.05) is 25.7 Å². The highest BCUT2D eigenvalue weighted by atomic mass is 16.6. The maximum absolute atomic E-state index is 13.3. The van der Waals surface area contributed by atoms with Gasteiger partial charge in [0.05, 0.1) is 25.7 Å². The van der Waals surface area contributed by atoms with Gasteiger partial charge in [0.15, 0.2) is 0 Å². The average Bonchev–Trinajstić information content (AvgIpc) is 3.79. The first-order chi connectivity index (χ1) is 19.7. The van der Waals surface area contributed by atoms with Gasteiger partial charge in [-0.15, -0.1) is 0 Å². The van der Waals surface area contributed by atoms with Crippen LogP contribution in [0.25, 0.3) is 0 Å². The number of alkyl carbamates (subject to hydrolysis) is 1. The number of carbonyl (C=O) groups is 5. The Balaban J connectivity index is 1.55. The fourth-order valence-electron chi connectivity index (χ4n) is 4.01. The van der Waals surface area contributed by atoms with Crippen LogP contribution in [0, 0.1) is 0 Å². The molecule has 0 spiro atoms. The number of nitrogens with one attached hydrogen (secondary N) is 3. The van der Waals surface area contributed by atoms with Crippen molar-refractivity contribution in [3.05, 3.63) is 35.9 Å². The van der Waals surface area contributed by atoms with E-state index in [1.165, 1.54) is 11.2 Å². The molecule has 0 aromatic heterocycles. The van der Waals surface area contributed by atoms with Crippen LogP contribution in [-0.4, -0.2) is 109 Å². The molecule has 1 aliphatic carbocycles. The molecule has 0 bridgehead atoms. The summed E-state index contributed by atoms with van der Waals surface area (Å²) in [4.78, 5) is 64.3. The van der Waals surface area contributed by atoms with Crippen LogP contribution in [0.4, 0.5) is 9.59 Å². The normalized spacial score (nSPS) is 17.3. The zero-order chi connectivity index (χ0) is 29.6. The van der Waals surface area contributed by atoms with E-state index in [0.717, 1.165) is 5.56 Å². The Kier molecular flexibility index (Phi) is 12.2. The van der Waals surface area contributed by atoms with E-state index in [-0.39, 0.29) is 25.8 Å². The number of hydrazone groups is 1. The van der Waals surface area contributed by atoms with Crippen LogP contribution in [-0.2, 0) is 35.2 Å². The van der Waals surface area contributed by atoms with E-state index in [1.807, 2.05) is 6.07 Å². The van der Waals surface area contributed by atoms with Gasteiger partial charge in [-0.2, -0.15) is 5.10 Å². The van der Waals surface area contributed by atoms with Crippen molar-refractivity contribution >= 4 is 36.3 Å². The van der Waals surface area contributed by atoms with Crippen molar-refractivity contribution in [2.75, 3.05) is 39.4 Å². The molecular formula is C26H36N6O9. The third kappa shape index (κ3) is 11.3. The lowest BCUT2D eigenvalue weighted by molar-refractivity contribution is -0.146. The number of amides is 4. The molecule has 1 aromatic carbocycles. The second kappa shape index (κ2) is 16.0. The second-order valence-corrected chi connectivity index (χ2v) is 9.42. The molecule has 1 aromatic rings. The standard InChI is InChI=1S/C26H36N6O9/c1-2-39-26(38)30-28-17-31-10-11-40-20(14-31)13-27-22(33)12-21(24(36)32(15-23(34)35)19-8-9-19)29-25(37)41-16-18-6-4-3-5-7-18/h3-7,17,19-21H,2,8-16H2,1H3,(H,27,33)(H,29,37)(H,30,38)(H,34,35)/t20-,21?/m0/s1. The summed E-state index contributed by atoms with van der Waals surface area (Å²) in [5.74, 6) is -2.41. The molecule has 2 atom stereocenters. The Hall–Kier alpha value is -4.40. The lowest BCUT2D eigenvalue weighted by atomic mass is 10.1. The molecule has 1 unspecified atom stereocenters. The summed E-state index contributed by atoms with van der Waals surface area (Å²) in [6.45, 7) is 2.66. The van der Waals surface area contributed by atoms with E-state index in [1.54, 1.807) is 36.1 Å². The minimum absolute atomic E-state index is 0.0463. The van der Waals surface area contributed by atoms with Crippen molar-refractivity contribution in [1.82, 2.24) is 25.9 Å². The van der Waals surface area contributed by atoms with Gasteiger partial charge in [-0.05, 0) is 25.3 Å². The summed E-state index contributed by atoms with van der Waals surface area (Å²) in [7, 11) is 0. The summed E-state index contributed by atoms with van der Waals surface area (Å²) in [6.07, 6.45) is 0.301. The van der Waals surface area contributed by atoms with Crippen molar-refractivity contribution in [2.24, 2.45) is 5.10 Å². The number of ether oxygens (including phenoxy) is 3. The molecule has 0 radical (unpaired) electrons. The Bertz CT molecular complexity index is 1080. The van der Waals surface area contributed by atoms with Crippen LogP contribution in [0.15, 0.2) is 35.4 Å². The molecular weight excluding hydrogens is 540 g/mol. The van der Waals surface area contributed by atoms with Gasteiger partial charge < -0.3 is 39.8 Å². The number of hydrogen-bond acceptors (Lipinski definition) is 9. The zero-order valence-corrected chi connectivity index (χ0v) is 22.8. The van der Waals surface area contributed by atoms with Gasteiger partial charge in [-0.1, -0.05) is 30.3 Å². The number of morpholine rings is 1. The summed E-state index contributed by atoms with van der Waals surface area (Å²) in [6, 6.07) is 7.34. The molecule has 4 amide bonds. The highest BCUT2D eigenvalue weighted by molar-refractivity contribution is 5.92. The first-order valence-electron chi connectivity index (χ1n) is 13.3. The molecule has 3 rings (SSSR count). The summed E-state index contributed by atoms with van der Waals surface area (Å²) < 4.78 is 15.6. The molecule has 41 heavy (non-hydrogen) atoms. The Morgan fingerprint density at radius 3 is 2.61 bits per heavy atom. The fraction of sp³-hybridized carbons (Fsp3) is 0.538. The molecule has 224 valence electrons. The molecule has 1 heterocycles. The fourth-order valence-corrected chi connectivity index (χ4v) is 4.01. The van der Waals surface area contributed by atoms with E-state index in [2.05, 4.69) is 21.2 Å². The van der Waals surface area contributed by atoms with Crippen molar-refractivity contribution in [2.45, 2.75) is 51.0 Å². The Morgan fingerprint density at radius 1 is 1.17 bits per heavy atom. The van der Waals surface area contributed by atoms with Crippen LogP contribution >= 0.6 is 0 Å². The van der Waals surface area contributed by atoms with Gasteiger partial charge in [0.2, 0.25) is 11.8 Å². The quantitative estimate of drug-likeness (QED) is 0.136. The van der Waals surface area contributed by atoms with E-state index in [9.17, 15) is 29.1 Å².